The first-order chi connectivity index (χ1) is 6.31. The van der Waals surface area contributed by atoms with E-state index in [-0.39, 0.29) is 0 Å². The van der Waals surface area contributed by atoms with E-state index in [1.54, 1.807) is 6.20 Å². The number of nitrogens with two attached hydrogens (primary N) is 1. The van der Waals surface area contributed by atoms with Gasteiger partial charge in [0.25, 0.3) is 0 Å². The molecule has 0 aliphatic carbocycles. The fourth-order valence-electron chi connectivity index (χ4n) is 1.59. The van der Waals surface area contributed by atoms with E-state index in [4.69, 9.17) is 5.73 Å². The zero-order chi connectivity index (χ0) is 9.26. The molecule has 1 atom stereocenters. The predicted octanol–water partition coefficient (Wildman–Crippen LogP) is 0.322. The van der Waals surface area contributed by atoms with Crippen molar-refractivity contribution in [1.29, 1.82) is 0 Å². The van der Waals surface area contributed by atoms with E-state index in [1.165, 1.54) is 6.42 Å². The topological polar surface area (TPSA) is 55.0 Å². The minimum Gasteiger partial charge on any atom is -0.352 e. The highest BCUT2D eigenvalue weighted by atomic mass is 15.3. The van der Waals surface area contributed by atoms with Gasteiger partial charge in [0.1, 0.15) is 11.6 Å². The number of nitrogens with zero attached hydrogens (tertiary/aromatic N) is 3. The van der Waals surface area contributed by atoms with Crippen LogP contribution in [-0.4, -0.2) is 29.1 Å². The van der Waals surface area contributed by atoms with Crippen LogP contribution in [0.25, 0.3) is 0 Å². The van der Waals surface area contributed by atoms with Crippen molar-refractivity contribution < 1.29 is 0 Å². The van der Waals surface area contributed by atoms with Gasteiger partial charge in [-0.1, -0.05) is 0 Å². The van der Waals surface area contributed by atoms with E-state index >= 15 is 0 Å². The normalized spacial score (nSPS) is 21.4. The third-order valence-electron chi connectivity index (χ3n) is 2.47. The molecule has 1 aliphatic heterocycles. The summed E-state index contributed by atoms with van der Waals surface area (Å²) in [6.07, 6.45) is 2.98. The molecule has 2 N–H and O–H groups in total. The van der Waals surface area contributed by atoms with Crippen LogP contribution in [-0.2, 0) is 0 Å². The van der Waals surface area contributed by atoms with Crippen molar-refractivity contribution in [1.82, 2.24) is 9.97 Å². The molecule has 1 aliphatic rings. The van der Waals surface area contributed by atoms with Crippen molar-refractivity contribution >= 4 is 5.82 Å². The van der Waals surface area contributed by atoms with Gasteiger partial charge in [0.05, 0.1) is 0 Å². The lowest BCUT2D eigenvalue weighted by molar-refractivity contribution is 0.451. The van der Waals surface area contributed by atoms with E-state index in [2.05, 4.69) is 14.9 Å². The standard InChI is InChI=1S/C9H14N4/c1-7-11-4-2-9(12-7)13-5-3-8(13)6-10/h2,4,8H,3,5-6,10H2,1H3. The second-order valence-corrected chi connectivity index (χ2v) is 3.33. The number of rotatable bonds is 2. The van der Waals surface area contributed by atoms with Gasteiger partial charge in [-0.05, 0) is 19.4 Å². The fourth-order valence-corrected chi connectivity index (χ4v) is 1.59. The Kier molecular flexibility index (Phi) is 2.14. The number of aromatic nitrogens is 2. The van der Waals surface area contributed by atoms with E-state index in [0.29, 0.717) is 12.6 Å². The van der Waals surface area contributed by atoms with Crippen LogP contribution in [0.3, 0.4) is 0 Å². The molecule has 0 spiro atoms. The Morgan fingerprint density at radius 1 is 1.69 bits per heavy atom. The number of anilines is 1. The highest BCUT2D eigenvalue weighted by molar-refractivity contribution is 5.42. The molecular formula is C9H14N4. The first-order valence-electron chi connectivity index (χ1n) is 4.57. The molecule has 0 radical (unpaired) electrons. The summed E-state index contributed by atoms with van der Waals surface area (Å²) in [6, 6.07) is 2.42. The Hall–Kier alpha value is -1.16. The summed E-state index contributed by atoms with van der Waals surface area (Å²) in [5.74, 6) is 1.83. The number of hydrogen-bond acceptors (Lipinski definition) is 4. The molecular weight excluding hydrogens is 164 g/mol. The van der Waals surface area contributed by atoms with Crippen molar-refractivity contribution in [3.8, 4) is 0 Å². The zero-order valence-corrected chi connectivity index (χ0v) is 7.77. The monoisotopic (exact) mass is 178 g/mol. The maximum absolute atomic E-state index is 5.61. The van der Waals surface area contributed by atoms with E-state index in [1.807, 2.05) is 13.0 Å². The van der Waals surface area contributed by atoms with E-state index in [9.17, 15) is 0 Å². The molecule has 2 rings (SSSR count). The summed E-state index contributed by atoms with van der Waals surface area (Å²) >= 11 is 0. The highest BCUT2D eigenvalue weighted by Gasteiger charge is 2.27. The molecule has 13 heavy (non-hydrogen) atoms. The van der Waals surface area contributed by atoms with Crippen molar-refractivity contribution in [3.05, 3.63) is 18.1 Å². The van der Waals surface area contributed by atoms with Gasteiger partial charge in [-0.2, -0.15) is 0 Å². The van der Waals surface area contributed by atoms with Gasteiger partial charge < -0.3 is 10.6 Å². The molecule has 0 aromatic carbocycles. The molecule has 4 nitrogen and oxygen atoms in total. The summed E-state index contributed by atoms with van der Waals surface area (Å²) in [6.45, 7) is 3.68. The van der Waals surface area contributed by atoms with Crippen molar-refractivity contribution in [2.45, 2.75) is 19.4 Å². The summed E-state index contributed by atoms with van der Waals surface area (Å²) < 4.78 is 0. The molecule has 70 valence electrons. The maximum Gasteiger partial charge on any atom is 0.132 e. The Labute approximate surface area is 77.8 Å². The predicted molar refractivity (Wildman–Crippen MR) is 51.6 cm³/mol. The molecule has 1 saturated heterocycles. The molecule has 0 amide bonds. The quantitative estimate of drug-likeness (QED) is 0.708. The van der Waals surface area contributed by atoms with Crippen LogP contribution in [0.2, 0.25) is 0 Å². The van der Waals surface area contributed by atoms with Gasteiger partial charge in [0.15, 0.2) is 0 Å². The molecule has 2 heterocycles. The summed E-state index contributed by atoms with van der Waals surface area (Å²) in [5, 5.41) is 0. The fraction of sp³-hybridized carbons (Fsp3) is 0.556. The van der Waals surface area contributed by atoms with Crippen LogP contribution in [0, 0.1) is 6.92 Å². The molecule has 0 bridgehead atoms. The summed E-state index contributed by atoms with van der Waals surface area (Å²) in [7, 11) is 0. The van der Waals surface area contributed by atoms with E-state index in [0.717, 1.165) is 18.2 Å². The first kappa shape index (κ1) is 8.44. The van der Waals surface area contributed by atoms with Gasteiger partial charge in [0.2, 0.25) is 0 Å². The molecule has 4 heteroatoms. The van der Waals surface area contributed by atoms with E-state index < -0.39 is 0 Å². The SMILES string of the molecule is Cc1nccc(N2CCC2CN)n1. The molecule has 1 fully saturated rings. The summed E-state index contributed by atoms with van der Waals surface area (Å²) in [4.78, 5) is 10.6. The highest BCUT2D eigenvalue weighted by Crippen LogP contribution is 2.23. The Morgan fingerprint density at radius 2 is 2.54 bits per heavy atom. The summed E-state index contributed by atoms with van der Waals surface area (Å²) in [5.41, 5.74) is 5.61. The molecule has 1 unspecified atom stereocenters. The molecule has 1 aromatic rings. The lowest BCUT2D eigenvalue weighted by atomic mass is 10.0. The second kappa shape index (κ2) is 3.30. The maximum atomic E-state index is 5.61. The number of aryl methyl sites for hydroxylation is 1. The Balaban J connectivity index is 2.16. The smallest absolute Gasteiger partial charge is 0.132 e. The lowest BCUT2D eigenvalue weighted by Gasteiger charge is -2.41. The third kappa shape index (κ3) is 1.49. The average molecular weight is 178 g/mol. The van der Waals surface area contributed by atoms with Gasteiger partial charge in [0, 0.05) is 25.3 Å². The first-order valence-corrected chi connectivity index (χ1v) is 4.57. The van der Waals surface area contributed by atoms with Crippen molar-refractivity contribution in [2.24, 2.45) is 5.73 Å². The zero-order valence-electron chi connectivity index (χ0n) is 7.77. The van der Waals surface area contributed by atoms with Crippen molar-refractivity contribution in [3.63, 3.8) is 0 Å². The molecule has 0 saturated carbocycles. The van der Waals surface area contributed by atoms with Crippen LogP contribution < -0.4 is 10.6 Å². The van der Waals surface area contributed by atoms with Crippen LogP contribution in [0.5, 0.6) is 0 Å². The Bertz CT molecular complexity index is 297. The third-order valence-corrected chi connectivity index (χ3v) is 2.47. The second-order valence-electron chi connectivity index (χ2n) is 3.33. The average Bonchev–Trinajstić information content (AvgIpc) is 2.03. The Morgan fingerprint density at radius 3 is 3.08 bits per heavy atom. The largest absolute Gasteiger partial charge is 0.352 e. The van der Waals surface area contributed by atoms with Crippen LogP contribution in [0.1, 0.15) is 12.2 Å². The minimum atomic E-state index is 0.481. The van der Waals surface area contributed by atoms with Gasteiger partial charge in [-0.25, -0.2) is 9.97 Å². The van der Waals surface area contributed by atoms with Crippen LogP contribution in [0.15, 0.2) is 12.3 Å². The van der Waals surface area contributed by atoms with Crippen LogP contribution >= 0.6 is 0 Å². The van der Waals surface area contributed by atoms with Crippen LogP contribution in [0.4, 0.5) is 5.82 Å². The van der Waals surface area contributed by atoms with Gasteiger partial charge in [-0.15, -0.1) is 0 Å². The lowest BCUT2D eigenvalue weighted by Crippen LogP contribution is -2.52. The van der Waals surface area contributed by atoms with Gasteiger partial charge in [-0.3, -0.25) is 0 Å². The van der Waals surface area contributed by atoms with Crippen molar-refractivity contribution in [2.75, 3.05) is 18.0 Å². The molecule has 1 aromatic heterocycles. The number of hydrogen-bond donors (Lipinski definition) is 1. The minimum absolute atomic E-state index is 0.481. The van der Waals surface area contributed by atoms with Gasteiger partial charge >= 0.3 is 0 Å².